The third-order valence-corrected chi connectivity index (χ3v) is 3.59. The first-order valence-corrected chi connectivity index (χ1v) is 8.06. The lowest BCUT2D eigenvalue weighted by molar-refractivity contribution is 0.0772. The topological polar surface area (TPSA) is 55.2 Å². The van der Waals surface area contributed by atoms with Gasteiger partial charge in [0.1, 0.15) is 0 Å². The van der Waals surface area contributed by atoms with Gasteiger partial charge in [-0.15, -0.1) is 0 Å². The number of hydrogen-bond acceptors (Lipinski definition) is 3. The first-order chi connectivity index (χ1) is 10.8. The van der Waals surface area contributed by atoms with Crippen molar-refractivity contribution in [1.82, 2.24) is 14.7 Å². The fraction of sp³-hybridized carbons (Fsp3) is 0.500. The molecule has 124 valence electrons. The SMILES string of the molecule is CC(C)CN(C)C(=O)c1nn(CC(C)C)c(=O)c2ccccc12. The van der Waals surface area contributed by atoms with Crippen LogP contribution in [0, 0.1) is 11.8 Å². The van der Waals surface area contributed by atoms with Crippen LogP contribution in [0.5, 0.6) is 0 Å². The fourth-order valence-electron chi connectivity index (χ4n) is 2.67. The van der Waals surface area contributed by atoms with E-state index in [0.717, 1.165) is 0 Å². The largest absolute Gasteiger partial charge is 0.340 e. The minimum Gasteiger partial charge on any atom is -0.340 e. The van der Waals surface area contributed by atoms with E-state index in [1.807, 2.05) is 26.0 Å². The van der Waals surface area contributed by atoms with Crippen LogP contribution in [0.25, 0.3) is 10.8 Å². The molecule has 0 saturated heterocycles. The van der Waals surface area contributed by atoms with Crippen molar-refractivity contribution < 1.29 is 4.79 Å². The molecule has 0 unspecified atom stereocenters. The molecule has 1 aromatic heterocycles. The Morgan fingerprint density at radius 3 is 2.30 bits per heavy atom. The maximum absolute atomic E-state index is 12.8. The van der Waals surface area contributed by atoms with Crippen molar-refractivity contribution in [1.29, 1.82) is 0 Å². The summed E-state index contributed by atoms with van der Waals surface area (Å²) < 4.78 is 1.42. The summed E-state index contributed by atoms with van der Waals surface area (Å²) >= 11 is 0. The molecule has 0 aliphatic carbocycles. The van der Waals surface area contributed by atoms with Crippen molar-refractivity contribution in [2.45, 2.75) is 34.2 Å². The molecule has 23 heavy (non-hydrogen) atoms. The molecule has 1 amide bonds. The van der Waals surface area contributed by atoms with Gasteiger partial charge in [-0.1, -0.05) is 45.9 Å². The summed E-state index contributed by atoms with van der Waals surface area (Å²) in [7, 11) is 1.77. The molecule has 0 radical (unpaired) electrons. The lowest BCUT2D eigenvalue weighted by Crippen LogP contribution is -2.34. The molecule has 0 spiro atoms. The highest BCUT2D eigenvalue weighted by atomic mass is 16.2. The zero-order valence-corrected chi connectivity index (χ0v) is 14.5. The molecule has 0 fully saturated rings. The Morgan fingerprint density at radius 1 is 1.13 bits per heavy atom. The highest BCUT2D eigenvalue weighted by molar-refractivity contribution is 6.04. The average Bonchev–Trinajstić information content (AvgIpc) is 2.48. The number of aromatic nitrogens is 2. The van der Waals surface area contributed by atoms with Gasteiger partial charge in [0.25, 0.3) is 11.5 Å². The summed E-state index contributed by atoms with van der Waals surface area (Å²) in [4.78, 5) is 27.0. The molecule has 0 bridgehead atoms. The van der Waals surface area contributed by atoms with Crippen molar-refractivity contribution in [3.8, 4) is 0 Å². The number of nitrogens with zero attached hydrogens (tertiary/aromatic N) is 3. The predicted octanol–water partition coefficient (Wildman–Crippen LogP) is 2.78. The van der Waals surface area contributed by atoms with Crippen molar-refractivity contribution in [2.24, 2.45) is 11.8 Å². The maximum Gasteiger partial charge on any atom is 0.274 e. The van der Waals surface area contributed by atoms with Crippen LogP contribution in [0.4, 0.5) is 0 Å². The predicted molar refractivity (Wildman–Crippen MR) is 92.6 cm³/mol. The van der Waals surface area contributed by atoms with Gasteiger partial charge in [0, 0.05) is 25.5 Å². The molecule has 0 atom stereocenters. The smallest absolute Gasteiger partial charge is 0.274 e. The van der Waals surface area contributed by atoms with Crippen LogP contribution in [0.1, 0.15) is 38.2 Å². The third kappa shape index (κ3) is 3.78. The molecule has 5 heteroatoms. The first-order valence-electron chi connectivity index (χ1n) is 8.06. The van der Waals surface area contributed by atoms with E-state index >= 15 is 0 Å². The Balaban J connectivity index is 2.60. The minimum atomic E-state index is -0.146. The maximum atomic E-state index is 12.8. The van der Waals surface area contributed by atoms with E-state index in [9.17, 15) is 9.59 Å². The van der Waals surface area contributed by atoms with Crippen LogP contribution in [0.2, 0.25) is 0 Å². The van der Waals surface area contributed by atoms with Gasteiger partial charge in [-0.2, -0.15) is 5.10 Å². The van der Waals surface area contributed by atoms with Crippen LogP contribution in [-0.4, -0.2) is 34.2 Å². The Bertz CT molecular complexity index is 762. The highest BCUT2D eigenvalue weighted by Crippen LogP contribution is 2.16. The lowest BCUT2D eigenvalue weighted by Gasteiger charge is -2.20. The van der Waals surface area contributed by atoms with E-state index in [2.05, 4.69) is 18.9 Å². The van der Waals surface area contributed by atoms with Crippen LogP contribution in [-0.2, 0) is 6.54 Å². The zero-order valence-electron chi connectivity index (χ0n) is 14.5. The van der Waals surface area contributed by atoms with Crippen molar-refractivity contribution in [3.63, 3.8) is 0 Å². The number of carbonyl (C=O) groups excluding carboxylic acids is 1. The van der Waals surface area contributed by atoms with Gasteiger partial charge in [0.05, 0.1) is 5.39 Å². The summed E-state index contributed by atoms with van der Waals surface area (Å²) in [5.74, 6) is 0.502. The first kappa shape index (κ1) is 17.2. The van der Waals surface area contributed by atoms with Crippen molar-refractivity contribution in [2.75, 3.05) is 13.6 Å². The summed E-state index contributed by atoms with van der Waals surface area (Å²) in [6, 6.07) is 7.19. The molecule has 2 rings (SSSR count). The Hall–Kier alpha value is -2.17. The van der Waals surface area contributed by atoms with E-state index in [1.54, 1.807) is 24.1 Å². The Kier molecular flexibility index (Phi) is 5.19. The van der Waals surface area contributed by atoms with Crippen LogP contribution < -0.4 is 5.56 Å². The molecule has 1 heterocycles. The van der Waals surface area contributed by atoms with Crippen LogP contribution >= 0.6 is 0 Å². The number of rotatable bonds is 5. The summed E-state index contributed by atoms with van der Waals surface area (Å²) in [6.45, 7) is 9.32. The van der Waals surface area contributed by atoms with E-state index in [1.165, 1.54) is 4.68 Å². The zero-order chi connectivity index (χ0) is 17.1. The van der Waals surface area contributed by atoms with Gasteiger partial charge in [-0.25, -0.2) is 4.68 Å². The normalized spacial score (nSPS) is 11.4. The molecular formula is C18H25N3O2. The average molecular weight is 315 g/mol. The van der Waals surface area contributed by atoms with Gasteiger partial charge >= 0.3 is 0 Å². The van der Waals surface area contributed by atoms with Gasteiger partial charge in [0.2, 0.25) is 0 Å². The summed E-state index contributed by atoms with van der Waals surface area (Å²) in [5, 5.41) is 5.55. The number of fused-ring (bicyclic) bond motifs is 1. The summed E-state index contributed by atoms with van der Waals surface area (Å²) in [6.07, 6.45) is 0. The van der Waals surface area contributed by atoms with E-state index < -0.39 is 0 Å². The third-order valence-electron chi connectivity index (χ3n) is 3.59. The number of benzene rings is 1. The standard InChI is InChI=1S/C18H25N3O2/c1-12(2)10-20(5)18(23)16-14-8-6-7-9-15(14)17(22)21(19-16)11-13(3)4/h6-9,12-13H,10-11H2,1-5H3. The molecule has 5 nitrogen and oxygen atoms in total. The number of amides is 1. The Morgan fingerprint density at radius 2 is 1.74 bits per heavy atom. The van der Waals surface area contributed by atoms with Crippen molar-refractivity contribution in [3.05, 3.63) is 40.3 Å². The van der Waals surface area contributed by atoms with Gasteiger partial charge in [-0.3, -0.25) is 9.59 Å². The minimum absolute atomic E-state index is 0.141. The Labute approximate surface area is 136 Å². The second-order valence-corrected chi connectivity index (χ2v) is 6.85. The van der Waals surface area contributed by atoms with E-state index in [-0.39, 0.29) is 17.4 Å². The monoisotopic (exact) mass is 315 g/mol. The van der Waals surface area contributed by atoms with Crippen LogP contribution in [0.15, 0.2) is 29.1 Å². The van der Waals surface area contributed by atoms with Gasteiger partial charge in [0.15, 0.2) is 5.69 Å². The van der Waals surface area contributed by atoms with E-state index in [0.29, 0.717) is 35.5 Å². The molecule has 0 saturated carbocycles. The second-order valence-electron chi connectivity index (χ2n) is 6.85. The van der Waals surface area contributed by atoms with Crippen LogP contribution in [0.3, 0.4) is 0 Å². The van der Waals surface area contributed by atoms with Gasteiger partial charge < -0.3 is 4.90 Å². The van der Waals surface area contributed by atoms with Gasteiger partial charge in [-0.05, 0) is 17.9 Å². The van der Waals surface area contributed by atoms with E-state index in [4.69, 9.17) is 0 Å². The van der Waals surface area contributed by atoms with Crippen molar-refractivity contribution >= 4 is 16.7 Å². The molecular weight excluding hydrogens is 290 g/mol. The second kappa shape index (κ2) is 6.94. The lowest BCUT2D eigenvalue weighted by atomic mass is 10.1. The number of hydrogen-bond donors (Lipinski definition) is 0. The molecule has 0 aliphatic heterocycles. The number of carbonyl (C=O) groups is 1. The quantitative estimate of drug-likeness (QED) is 0.852. The highest BCUT2D eigenvalue weighted by Gasteiger charge is 2.20. The summed E-state index contributed by atoms with van der Waals surface area (Å²) in [5.41, 5.74) is 0.210. The molecule has 2 aromatic rings. The fourth-order valence-corrected chi connectivity index (χ4v) is 2.67. The molecule has 1 aromatic carbocycles. The molecule has 0 aliphatic rings. The molecule has 0 N–H and O–H groups in total.